The number of hydrogen-bond acceptors (Lipinski definition) is 7. The topological polar surface area (TPSA) is 114 Å². The Balaban J connectivity index is 1.22. The molecule has 3 heterocycles. The summed E-state index contributed by atoms with van der Waals surface area (Å²) in [4.78, 5) is 30.6. The van der Waals surface area contributed by atoms with Gasteiger partial charge in [0.1, 0.15) is 5.82 Å². The molecule has 0 unspecified atom stereocenters. The normalized spacial score (nSPS) is 24.2. The largest absolute Gasteiger partial charge is 0.353 e. The number of hydrogen-bond donors (Lipinski definition) is 3. The van der Waals surface area contributed by atoms with Crippen LogP contribution in [0.3, 0.4) is 0 Å². The summed E-state index contributed by atoms with van der Waals surface area (Å²) in [7, 11) is 0. The second-order valence-electron chi connectivity index (χ2n) is 11.9. The van der Waals surface area contributed by atoms with Crippen molar-refractivity contribution in [3.05, 3.63) is 48.2 Å². The molecule has 9 nitrogen and oxygen atoms in total. The van der Waals surface area contributed by atoms with E-state index in [1.807, 2.05) is 13.0 Å². The summed E-state index contributed by atoms with van der Waals surface area (Å²) in [6.07, 6.45) is 12.4. The van der Waals surface area contributed by atoms with E-state index in [2.05, 4.69) is 20.6 Å². The summed E-state index contributed by atoms with van der Waals surface area (Å²) in [6, 6.07) is 8.61. The van der Waals surface area contributed by atoms with Gasteiger partial charge in [0.2, 0.25) is 18.1 Å². The third kappa shape index (κ3) is 6.43. The molecular weight excluding hydrogens is 523 g/mol. The maximum Gasteiger partial charge on any atom is 0.230 e. The van der Waals surface area contributed by atoms with Crippen molar-refractivity contribution in [1.82, 2.24) is 25.3 Å². The molecule has 3 aromatic rings. The first-order valence-electron chi connectivity index (χ1n) is 15.0. The van der Waals surface area contributed by atoms with Gasteiger partial charge in [-0.25, -0.2) is 19.3 Å². The number of imidazole rings is 1. The quantitative estimate of drug-likeness (QED) is 0.328. The molecular formula is C31H39FN6O3. The minimum Gasteiger partial charge on any atom is -0.353 e. The molecule has 6 rings (SSSR count). The minimum absolute atomic E-state index is 0.0334. The van der Waals surface area contributed by atoms with Gasteiger partial charge in [0.05, 0.1) is 35.7 Å². The maximum absolute atomic E-state index is 13.8. The zero-order chi connectivity index (χ0) is 28.2. The molecule has 3 aliphatic rings. The van der Waals surface area contributed by atoms with Crippen molar-refractivity contribution in [2.24, 2.45) is 5.41 Å². The molecule has 2 aromatic heterocycles. The van der Waals surface area contributed by atoms with E-state index >= 15 is 0 Å². The number of nitrogens with zero attached hydrogens (tertiary/aromatic N) is 3. The Labute approximate surface area is 240 Å². The first kappa shape index (κ1) is 27.8. The lowest BCUT2D eigenvalue weighted by atomic mass is 9.89. The summed E-state index contributed by atoms with van der Waals surface area (Å²) in [5.74, 6) is 0.681. The van der Waals surface area contributed by atoms with Crippen LogP contribution in [-0.4, -0.2) is 51.1 Å². The second kappa shape index (κ2) is 12.2. The molecule has 0 bridgehead atoms. The predicted octanol–water partition coefficient (Wildman–Crippen LogP) is 5.92. The Morgan fingerprint density at radius 3 is 2.27 bits per heavy atom. The van der Waals surface area contributed by atoms with Crippen LogP contribution in [0, 0.1) is 11.2 Å². The summed E-state index contributed by atoms with van der Waals surface area (Å²) < 4.78 is 25.9. The molecule has 218 valence electrons. The average molecular weight is 563 g/mol. The highest BCUT2D eigenvalue weighted by Crippen LogP contribution is 2.36. The van der Waals surface area contributed by atoms with Gasteiger partial charge in [-0.2, -0.15) is 0 Å². The molecule has 2 aliphatic carbocycles. The van der Waals surface area contributed by atoms with Crippen LogP contribution in [0.15, 0.2) is 36.5 Å². The number of nitrogens with one attached hydrogen (secondary N) is 3. The summed E-state index contributed by atoms with van der Waals surface area (Å²) >= 11 is 0. The number of carbonyl (C=O) groups excluding carboxylic acids is 1. The number of aromatic amines is 1. The van der Waals surface area contributed by atoms with E-state index in [4.69, 9.17) is 19.4 Å². The van der Waals surface area contributed by atoms with Crippen molar-refractivity contribution < 1.29 is 18.7 Å². The molecule has 2 saturated carbocycles. The summed E-state index contributed by atoms with van der Waals surface area (Å²) in [5, 5.41) is 6.69. The molecule has 0 spiro atoms. The number of H-pyrrole nitrogens is 1. The van der Waals surface area contributed by atoms with Crippen LogP contribution >= 0.6 is 0 Å². The Kier molecular flexibility index (Phi) is 8.30. The molecule has 10 heteroatoms. The number of amides is 1. The van der Waals surface area contributed by atoms with Crippen LogP contribution in [0.1, 0.15) is 83.2 Å². The zero-order valence-corrected chi connectivity index (χ0v) is 23.6. The zero-order valence-electron chi connectivity index (χ0n) is 23.6. The lowest BCUT2D eigenvalue weighted by molar-refractivity contribution is -0.231. The Bertz CT molecular complexity index is 1330. The molecule has 3 fully saturated rings. The predicted molar refractivity (Wildman–Crippen MR) is 153 cm³/mol. The molecule has 1 amide bonds. The van der Waals surface area contributed by atoms with E-state index in [0.29, 0.717) is 34.9 Å². The van der Waals surface area contributed by atoms with Crippen LogP contribution in [0.4, 0.5) is 10.3 Å². The third-order valence-electron chi connectivity index (χ3n) is 8.51. The number of benzene rings is 1. The summed E-state index contributed by atoms with van der Waals surface area (Å²) in [5.41, 5.74) is 1.88. The summed E-state index contributed by atoms with van der Waals surface area (Å²) in [6.45, 7) is 2.29. The number of carbonyl (C=O) groups is 1. The number of rotatable bonds is 7. The number of halogens is 1. The first-order chi connectivity index (χ1) is 20.0. The standard InChI is InChI=1S/C31H39FN6O3/c1-31(29(39)34-22-8-4-2-5-9-22)18-40-28(41-19-31)27-37-25(20-12-14-21(32)15-13-20)26(38-27)24-16-17-33-30(36-24)35-23-10-6-3-7-11-23/h12-17,22-23,28H,2-11,18-19H2,1H3,(H,34,39)(H,37,38)(H,33,35,36). The number of anilines is 1. The van der Waals surface area contributed by atoms with Gasteiger partial charge >= 0.3 is 0 Å². The van der Waals surface area contributed by atoms with Gasteiger partial charge in [0.15, 0.2) is 5.82 Å². The highest BCUT2D eigenvalue weighted by Gasteiger charge is 2.41. The van der Waals surface area contributed by atoms with Gasteiger partial charge in [-0.05, 0) is 62.9 Å². The minimum atomic E-state index is -0.782. The number of ether oxygens (including phenoxy) is 2. The fourth-order valence-corrected chi connectivity index (χ4v) is 6.01. The fourth-order valence-electron chi connectivity index (χ4n) is 6.01. The smallest absolute Gasteiger partial charge is 0.230 e. The van der Waals surface area contributed by atoms with Crippen LogP contribution in [0.5, 0.6) is 0 Å². The van der Waals surface area contributed by atoms with Crippen LogP contribution < -0.4 is 10.6 Å². The van der Waals surface area contributed by atoms with Gasteiger partial charge in [-0.1, -0.05) is 38.5 Å². The number of aromatic nitrogens is 4. The van der Waals surface area contributed by atoms with Crippen LogP contribution in [0.25, 0.3) is 22.6 Å². The molecule has 3 N–H and O–H groups in total. The average Bonchev–Trinajstić information content (AvgIpc) is 3.45. The molecule has 1 aliphatic heterocycles. The molecule has 1 saturated heterocycles. The van der Waals surface area contributed by atoms with Crippen LogP contribution in [0.2, 0.25) is 0 Å². The van der Waals surface area contributed by atoms with E-state index in [-0.39, 0.29) is 31.0 Å². The highest BCUT2D eigenvalue weighted by molar-refractivity contribution is 5.83. The first-order valence-corrected chi connectivity index (χ1v) is 15.0. The van der Waals surface area contributed by atoms with E-state index in [9.17, 15) is 9.18 Å². The Hall–Kier alpha value is -3.37. The van der Waals surface area contributed by atoms with Gasteiger partial charge < -0.3 is 25.1 Å². The van der Waals surface area contributed by atoms with Gasteiger partial charge in [0.25, 0.3) is 0 Å². The van der Waals surface area contributed by atoms with Gasteiger partial charge in [0, 0.05) is 23.8 Å². The molecule has 41 heavy (non-hydrogen) atoms. The van der Waals surface area contributed by atoms with Crippen molar-refractivity contribution in [3.8, 4) is 22.6 Å². The monoisotopic (exact) mass is 562 g/mol. The van der Waals surface area contributed by atoms with Crippen LogP contribution in [-0.2, 0) is 14.3 Å². The van der Waals surface area contributed by atoms with E-state index in [1.165, 1.54) is 37.8 Å². The maximum atomic E-state index is 13.8. The van der Waals surface area contributed by atoms with Gasteiger partial charge in [-0.3, -0.25) is 4.79 Å². The lowest BCUT2D eigenvalue weighted by Crippen LogP contribution is -2.51. The van der Waals surface area contributed by atoms with Crippen molar-refractivity contribution >= 4 is 11.9 Å². The van der Waals surface area contributed by atoms with Crippen molar-refractivity contribution in [1.29, 1.82) is 0 Å². The van der Waals surface area contributed by atoms with Crippen molar-refractivity contribution in [2.75, 3.05) is 18.5 Å². The lowest BCUT2D eigenvalue weighted by Gasteiger charge is -2.37. The highest BCUT2D eigenvalue weighted by atomic mass is 19.1. The molecule has 0 atom stereocenters. The second-order valence-corrected chi connectivity index (χ2v) is 11.9. The molecule has 0 radical (unpaired) electrons. The third-order valence-corrected chi connectivity index (χ3v) is 8.51. The molecule has 1 aromatic carbocycles. The SMILES string of the molecule is CC1(C(=O)NC2CCCCC2)COC(c2nc(-c3ccc(F)cc3)c(-c3ccnc(NC4CCCCC4)n3)[nH]2)OC1. The van der Waals surface area contributed by atoms with E-state index in [1.54, 1.807) is 18.3 Å². The van der Waals surface area contributed by atoms with Gasteiger partial charge in [-0.15, -0.1) is 0 Å². The van der Waals surface area contributed by atoms with E-state index in [0.717, 1.165) is 44.1 Å². The Morgan fingerprint density at radius 2 is 1.59 bits per heavy atom. The Morgan fingerprint density at radius 1 is 0.927 bits per heavy atom. The van der Waals surface area contributed by atoms with E-state index < -0.39 is 11.7 Å². The van der Waals surface area contributed by atoms with Crippen molar-refractivity contribution in [3.63, 3.8) is 0 Å². The fraction of sp³-hybridized carbons (Fsp3) is 0.548. The van der Waals surface area contributed by atoms with Crippen molar-refractivity contribution in [2.45, 2.75) is 89.5 Å².